The molecule has 0 aliphatic rings. The SMILES string of the molecule is O=C(N/N=C\c1cc(Br)ccc1OC(=O)c1ccc(Cl)cc1)c1ccc(NC(=O)c2ccccc2)cc1. The lowest BCUT2D eigenvalue weighted by Crippen LogP contribution is -2.18. The number of anilines is 1. The van der Waals surface area contributed by atoms with Gasteiger partial charge in [0.05, 0.1) is 11.8 Å². The summed E-state index contributed by atoms with van der Waals surface area (Å²) in [5, 5.41) is 7.29. The highest BCUT2D eigenvalue weighted by atomic mass is 79.9. The van der Waals surface area contributed by atoms with Crippen molar-refractivity contribution in [3.05, 3.63) is 129 Å². The molecular weight excluding hydrogens is 558 g/mol. The zero-order valence-electron chi connectivity index (χ0n) is 19.2. The number of nitrogens with zero attached hydrogens (tertiary/aromatic N) is 1. The van der Waals surface area contributed by atoms with Gasteiger partial charge in [-0.25, -0.2) is 10.2 Å². The summed E-state index contributed by atoms with van der Waals surface area (Å²) in [5.41, 5.74) is 4.68. The summed E-state index contributed by atoms with van der Waals surface area (Å²) >= 11 is 9.25. The maximum Gasteiger partial charge on any atom is 0.343 e. The average molecular weight is 577 g/mol. The van der Waals surface area contributed by atoms with E-state index in [1.165, 1.54) is 6.21 Å². The maximum absolute atomic E-state index is 12.5. The molecule has 7 nitrogen and oxygen atoms in total. The highest BCUT2D eigenvalue weighted by Crippen LogP contribution is 2.23. The molecule has 0 spiro atoms. The number of hydrogen-bond acceptors (Lipinski definition) is 5. The number of esters is 1. The monoisotopic (exact) mass is 575 g/mol. The summed E-state index contributed by atoms with van der Waals surface area (Å²) in [6.45, 7) is 0. The van der Waals surface area contributed by atoms with Gasteiger partial charge >= 0.3 is 5.97 Å². The summed E-state index contributed by atoms with van der Waals surface area (Å²) in [4.78, 5) is 37.3. The lowest BCUT2D eigenvalue weighted by atomic mass is 10.1. The normalized spacial score (nSPS) is 10.6. The Balaban J connectivity index is 1.38. The minimum atomic E-state index is -0.558. The Hall–Kier alpha value is -4.27. The molecule has 4 aromatic carbocycles. The highest BCUT2D eigenvalue weighted by Gasteiger charge is 2.12. The lowest BCUT2D eigenvalue weighted by molar-refractivity contribution is 0.0734. The minimum absolute atomic E-state index is 0.246. The van der Waals surface area contributed by atoms with Crippen LogP contribution in [0.2, 0.25) is 5.02 Å². The van der Waals surface area contributed by atoms with Crippen LogP contribution in [-0.4, -0.2) is 24.0 Å². The van der Waals surface area contributed by atoms with Crippen LogP contribution in [0.1, 0.15) is 36.6 Å². The van der Waals surface area contributed by atoms with Gasteiger partial charge in [-0.1, -0.05) is 45.7 Å². The van der Waals surface area contributed by atoms with Gasteiger partial charge in [0.25, 0.3) is 11.8 Å². The van der Waals surface area contributed by atoms with Crippen LogP contribution in [0.5, 0.6) is 5.75 Å². The van der Waals surface area contributed by atoms with E-state index < -0.39 is 11.9 Å². The number of hydrogen-bond donors (Lipinski definition) is 2. The van der Waals surface area contributed by atoms with E-state index >= 15 is 0 Å². The van der Waals surface area contributed by atoms with Gasteiger partial charge in [-0.05, 0) is 78.9 Å². The summed E-state index contributed by atoms with van der Waals surface area (Å²) in [6, 6.07) is 26.6. The summed E-state index contributed by atoms with van der Waals surface area (Å²) in [7, 11) is 0. The first kappa shape index (κ1) is 25.8. The van der Waals surface area contributed by atoms with E-state index in [0.717, 1.165) is 4.47 Å². The van der Waals surface area contributed by atoms with Crippen molar-refractivity contribution in [1.29, 1.82) is 0 Å². The molecule has 0 fully saturated rings. The Labute approximate surface area is 226 Å². The number of halogens is 2. The first-order valence-corrected chi connectivity index (χ1v) is 12.1. The third kappa shape index (κ3) is 7.13. The second kappa shape index (κ2) is 12.1. The molecule has 4 aromatic rings. The molecule has 0 aromatic heterocycles. The predicted molar refractivity (Wildman–Crippen MR) is 146 cm³/mol. The predicted octanol–water partition coefficient (Wildman–Crippen LogP) is 6.34. The number of rotatable bonds is 7. The topological polar surface area (TPSA) is 96.9 Å². The fourth-order valence-electron chi connectivity index (χ4n) is 3.18. The molecule has 0 saturated heterocycles. The first-order chi connectivity index (χ1) is 17.9. The zero-order chi connectivity index (χ0) is 26.2. The highest BCUT2D eigenvalue weighted by molar-refractivity contribution is 9.10. The van der Waals surface area contributed by atoms with Gasteiger partial charge in [0, 0.05) is 31.9 Å². The van der Waals surface area contributed by atoms with Crippen molar-refractivity contribution in [3.63, 3.8) is 0 Å². The van der Waals surface area contributed by atoms with E-state index in [-0.39, 0.29) is 11.7 Å². The second-order valence-corrected chi connectivity index (χ2v) is 9.03. The van der Waals surface area contributed by atoms with Crippen molar-refractivity contribution >= 4 is 57.2 Å². The third-order valence-corrected chi connectivity index (χ3v) is 5.81. The van der Waals surface area contributed by atoms with Crippen LogP contribution < -0.4 is 15.5 Å². The molecule has 0 saturated carbocycles. The van der Waals surface area contributed by atoms with Gasteiger partial charge in [0.2, 0.25) is 0 Å². The van der Waals surface area contributed by atoms with E-state index in [2.05, 4.69) is 31.8 Å². The van der Waals surface area contributed by atoms with Crippen molar-refractivity contribution in [1.82, 2.24) is 5.43 Å². The van der Waals surface area contributed by atoms with Crippen molar-refractivity contribution < 1.29 is 19.1 Å². The zero-order valence-corrected chi connectivity index (χ0v) is 21.5. The van der Waals surface area contributed by atoms with Crippen LogP contribution in [0.3, 0.4) is 0 Å². The van der Waals surface area contributed by atoms with Crippen LogP contribution in [0.15, 0.2) is 107 Å². The molecule has 2 amide bonds. The first-order valence-electron chi connectivity index (χ1n) is 11.0. The van der Waals surface area contributed by atoms with E-state index in [1.54, 1.807) is 91.0 Å². The van der Waals surface area contributed by atoms with Crippen LogP contribution in [0, 0.1) is 0 Å². The van der Waals surface area contributed by atoms with Crippen LogP contribution in [0.25, 0.3) is 0 Å². The largest absolute Gasteiger partial charge is 0.422 e. The molecule has 0 unspecified atom stereocenters. The molecule has 9 heteroatoms. The number of carbonyl (C=O) groups is 3. The van der Waals surface area contributed by atoms with Gasteiger partial charge in [-0.2, -0.15) is 5.10 Å². The average Bonchev–Trinajstić information content (AvgIpc) is 2.91. The Morgan fingerprint density at radius 2 is 1.43 bits per heavy atom. The molecule has 4 rings (SSSR count). The van der Waals surface area contributed by atoms with Gasteiger partial charge in [-0.15, -0.1) is 0 Å². The second-order valence-electron chi connectivity index (χ2n) is 7.68. The summed E-state index contributed by atoms with van der Waals surface area (Å²) in [5.74, 6) is -0.993. The Morgan fingerprint density at radius 1 is 0.784 bits per heavy atom. The number of hydrazone groups is 1. The summed E-state index contributed by atoms with van der Waals surface area (Å²) < 4.78 is 6.24. The molecule has 0 radical (unpaired) electrons. The Kier molecular flexibility index (Phi) is 8.45. The van der Waals surface area contributed by atoms with Crippen molar-refractivity contribution in [2.75, 3.05) is 5.32 Å². The fraction of sp³-hybridized carbons (Fsp3) is 0. The Morgan fingerprint density at radius 3 is 2.14 bits per heavy atom. The van der Waals surface area contributed by atoms with E-state index in [4.69, 9.17) is 16.3 Å². The van der Waals surface area contributed by atoms with Crippen LogP contribution in [0.4, 0.5) is 5.69 Å². The van der Waals surface area contributed by atoms with Gasteiger partial charge < -0.3 is 10.1 Å². The molecular formula is C28H19BrClN3O4. The molecule has 37 heavy (non-hydrogen) atoms. The van der Waals surface area contributed by atoms with Gasteiger partial charge in [0.15, 0.2) is 0 Å². The fourth-order valence-corrected chi connectivity index (χ4v) is 3.69. The standard InChI is InChI=1S/C28H19BrClN3O4/c29-22-10-15-25(37-28(36)20-6-11-23(30)12-7-20)21(16-22)17-31-33-27(35)19-8-13-24(14-9-19)32-26(34)18-4-2-1-3-5-18/h1-17H,(H,32,34)(H,33,35)/b31-17-. The molecule has 0 aliphatic heterocycles. The number of amides is 2. The number of carbonyl (C=O) groups excluding carboxylic acids is 3. The third-order valence-electron chi connectivity index (χ3n) is 5.07. The van der Waals surface area contributed by atoms with Crippen LogP contribution in [-0.2, 0) is 0 Å². The van der Waals surface area contributed by atoms with E-state index in [1.807, 2.05) is 6.07 Å². The van der Waals surface area contributed by atoms with Crippen molar-refractivity contribution in [2.45, 2.75) is 0 Å². The maximum atomic E-state index is 12.5. The van der Waals surface area contributed by atoms with Crippen molar-refractivity contribution in [3.8, 4) is 5.75 Å². The lowest BCUT2D eigenvalue weighted by Gasteiger charge is -2.08. The quantitative estimate of drug-likeness (QED) is 0.116. The van der Waals surface area contributed by atoms with E-state index in [9.17, 15) is 14.4 Å². The molecule has 0 bridgehead atoms. The molecule has 0 heterocycles. The number of nitrogens with one attached hydrogen (secondary N) is 2. The molecule has 184 valence electrons. The smallest absolute Gasteiger partial charge is 0.343 e. The summed E-state index contributed by atoms with van der Waals surface area (Å²) in [6.07, 6.45) is 1.38. The molecule has 0 atom stereocenters. The number of benzene rings is 4. The molecule has 2 N–H and O–H groups in total. The van der Waals surface area contributed by atoms with Crippen molar-refractivity contribution in [2.24, 2.45) is 5.10 Å². The molecule has 0 aliphatic carbocycles. The van der Waals surface area contributed by atoms with Gasteiger partial charge in [-0.3, -0.25) is 9.59 Å². The number of ether oxygens (including phenoxy) is 1. The van der Waals surface area contributed by atoms with E-state index in [0.29, 0.717) is 33.0 Å². The van der Waals surface area contributed by atoms with Gasteiger partial charge in [0.1, 0.15) is 5.75 Å². The minimum Gasteiger partial charge on any atom is -0.422 e. The Bertz CT molecular complexity index is 1460. The van der Waals surface area contributed by atoms with Crippen LogP contribution >= 0.6 is 27.5 Å².